The van der Waals surface area contributed by atoms with E-state index < -0.39 is 0 Å². The number of phenols is 1. The Kier molecular flexibility index (Phi) is 3.35. The van der Waals surface area contributed by atoms with Gasteiger partial charge in [0.15, 0.2) is 11.5 Å². The number of urea groups is 1. The Balaban J connectivity index is 1.55. The SMILES string of the molecule is O=C(Nc1ccc2c(c1)OCO2)Nc1cccc2c(O)cccc12. The fourth-order valence-corrected chi connectivity index (χ4v) is 2.66. The van der Waals surface area contributed by atoms with Crippen LogP contribution in [0, 0.1) is 0 Å². The number of amides is 2. The van der Waals surface area contributed by atoms with Crippen LogP contribution in [0.4, 0.5) is 16.2 Å². The van der Waals surface area contributed by atoms with Crippen LogP contribution in [0.3, 0.4) is 0 Å². The van der Waals surface area contributed by atoms with E-state index in [1.54, 1.807) is 48.5 Å². The minimum absolute atomic E-state index is 0.173. The van der Waals surface area contributed by atoms with Crippen LogP contribution in [-0.4, -0.2) is 17.9 Å². The number of fused-ring (bicyclic) bond motifs is 2. The zero-order valence-corrected chi connectivity index (χ0v) is 12.6. The van der Waals surface area contributed by atoms with E-state index in [0.717, 1.165) is 5.39 Å². The third-order valence-corrected chi connectivity index (χ3v) is 3.78. The van der Waals surface area contributed by atoms with E-state index in [1.807, 2.05) is 6.07 Å². The highest BCUT2D eigenvalue weighted by atomic mass is 16.7. The lowest BCUT2D eigenvalue weighted by Crippen LogP contribution is -2.19. The summed E-state index contributed by atoms with van der Waals surface area (Å²) in [5, 5.41) is 16.9. The van der Waals surface area contributed by atoms with Crippen LogP contribution < -0.4 is 20.1 Å². The summed E-state index contributed by atoms with van der Waals surface area (Å²) in [4.78, 5) is 12.3. The molecule has 0 saturated carbocycles. The molecule has 0 radical (unpaired) electrons. The number of carbonyl (C=O) groups is 1. The monoisotopic (exact) mass is 322 g/mol. The summed E-state index contributed by atoms with van der Waals surface area (Å²) in [5.41, 5.74) is 1.21. The first-order chi connectivity index (χ1) is 11.7. The molecule has 6 heteroatoms. The molecule has 2 amide bonds. The highest BCUT2D eigenvalue weighted by Gasteiger charge is 2.14. The van der Waals surface area contributed by atoms with E-state index in [4.69, 9.17) is 9.47 Å². The first-order valence-electron chi connectivity index (χ1n) is 7.39. The molecule has 24 heavy (non-hydrogen) atoms. The Morgan fingerprint density at radius 2 is 1.71 bits per heavy atom. The predicted octanol–water partition coefficient (Wildman–Crippen LogP) is 3.92. The largest absolute Gasteiger partial charge is 0.507 e. The zero-order chi connectivity index (χ0) is 16.5. The molecular formula is C18H14N2O4. The van der Waals surface area contributed by atoms with Crippen molar-refractivity contribution in [3.8, 4) is 17.2 Å². The lowest BCUT2D eigenvalue weighted by molar-refractivity contribution is 0.174. The fourth-order valence-electron chi connectivity index (χ4n) is 2.66. The van der Waals surface area contributed by atoms with Crippen molar-refractivity contribution in [3.63, 3.8) is 0 Å². The van der Waals surface area contributed by atoms with Gasteiger partial charge in [-0.3, -0.25) is 0 Å². The van der Waals surface area contributed by atoms with Crippen LogP contribution in [0.1, 0.15) is 0 Å². The van der Waals surface area contributed by atoms with Gasteiger partial charge in [0.05, 0.1) is 5.69 Å². The van der Waals surface area contributed by atoms with E-state index in [2.05, 4.69) is 10.6 Å². The van der Waals surface area contributed by atoms with Crippen molar-refractivity contribution in [1.82, 2.24) is 0 Å². The normalized spacial score (nSPS) is 12.2. The average Bonchev–Trinajstić information content (AvgIpc) is 3.03. The Morgan fingerprint density at radius 3 is 2.62 bits per heavy atom. The number of aromatic hydroxyl groups is 1. The molecule has 1 aliphatic heterocycles. The Morgan fingerprint density at radius 1 is 0.917 bits per heavy atom. The van der Waals surface area contributed by atoms with Gasteiger partial charge in [-0.2, -0.15) is 0 Å². The summed E-state index contributed by atoms with van der Waals surface area (Å²) in [5.74, 6) is 1.43. The number of hydrogen-bond acceptors (Lipinski definition) is 4. The smallest absolute Gasteiger partial charge is 0.323 e. The van der Waals surface area contributed by atoms with Gasteiger partial charge in [-0.05, 0) is 24.3 Å². The van der Waals surface area contributed by atoms with Crippen molar-refractivity contribution in [2.45, 2.75) is 0 Å². The second-order valence-corrected chi connectivity index (χ2v) is 5.32. The third kappa shape index (κ3) is 2.54. The van der Waals surface area contributed by atoms with Gasteiger partial charge in [-0.1, -0.05) is 24.3 Å². The predicted molar refractivity (Wildman–Crippen MR) is 90.8 cm³/mol. The molecule has 3 N–H and O–H groups in total. The Bertz CT molecular complexity index is 939. The third-order valence-electron chi connectivity index (χ3n) is 3.78. The highest BCUT2D eigenvalue weighted by Crippen LogP contribution is 2.34. The Labute approximate surface area is 137 Å². The first kappa shape index (κ1) is 14.2. The minimum atomic E-state index is -0.385. The van der Waals surface area contributed by atoms with Gasteiger partial charge in [0, 0.05) is 22.5 Å². The van der Waals surface area contributed by atoms with Crippen molar-refractivity contribution >= 4 is 28.2 Å². The molecule has 0 bridgehead atoms. The quantitative estimate of drug-likeness (QED) is 0.668. The highest BCUT2D eigenvalue weighted by molar-refractivity contribution is 6.07. The van der Waals surface area contributed by atoms with Crippen molar-refractivity contribution < 1.29 is 19.4 Å². The van der Waals surface area contributed by atoms with Crippen LogP contribution >= 0.6 is 0 Å². The molecule has 1 heterocycles. The number of benzene rings is 3. The minimum Gasteiger partial charge on any atom is -0.507 e. The van der Waals surface area contributed by atoms with Gasteiger partial charge in [-0.15, -0.1) is 0 Å². The molecule has 0 atom stereocenters. The maximum atomic E-state index is 12.3. The number of carbonyl (C=O) groups excluding carboxylic acids is 1. The second-order valence-electron chi connectivity index (χ2n) is 5.32. The van der Waals surface area contributed by atoms with Crippen LogP contribution in [0.5, 0.6) is 17.2 Å². The fraction of sp³-hybridized carbons (Fsp3) is 0.0556. The van der Waals surface area contributed by atoms with E-state index in [9.17, 15) is 9.90 Å². The van der Waals surface area contributed by atoms with Gasteiger partial charge in [-0.25, -0.2) is 4.79 Å². The van der Waals surface area contributed by atoms with Gasteiger partial charge >= 0.3 is 6.03 Å². The first-order valence-corrected chi connectivity index (χ1v) is 7.39. The molecule has 0 spiro atoms. The van der Waals surface area contributed by atoms with Crippen LogP contribution in [0.15, 0.2) is 54.6 Å². The van der Waals surface area contributed by atoms with E-state index in [-0.39, 0.29) is 18.6 Å². The maximum Gasteiger partial charge on any atom is 0.323 e. The summed E-state index contributed by atoms with van der Waals surface area (Å²) in [7, 11) is 0. The van der Waals surface area contributed by atoms with Gasteiger partial charge in [0.1, 0.15) is 5.75 Å². The summed E-state index contributed by atoms with van der Waals surface area (Å²) in [6.45, 7) is 0.185. The standard InChI is InChI=1S/C18H14N2O4/c21-15-6-2-3-12-13(15)4-1-5-14(12)20-18(22)19-11-7-8-16-17(9-11)24-10-23-16/h1-9,21H,10H2,(H2,19,20,22). The van der Waals surface area contributed by atoms with Crippen molar-refractivity contribution in [1.29, 1.82) is 0 Å². The molecule has 3 aromatic carbocycles. The van der Waals surface area contributed by atoms with E-state index in [1.165, 1.54) is 0 Å². The molecule has 0 aromatic heterocycles. The molecule has 0 aliphatic carbocycles. The number of ether oxygens (including phenoxy) is 2. The molecular weight excluding hydrogens is 308 g/mol. The second kappa shape index (κ2) is 5.66. The van der Waals surface area contributed by atoms with Crippen LogP contribution in [-0.2, 0) is 0 Å². The molecule has 0 unspecified atom stereocenters. The van der Waals surface area contributed by atoms with Gasteiger partial charge < -0.3 is 25.2 Å². The summed E-state index contributed by atoms with van der Waals surface area (Å²) in [6, 6.07) is 15.3. The zero-order valence-electron chi connectivity index (χ0n) is 12.6. The number of nitrogens with one attached hydrogen (secondary N) is 2. The molecule has 6 nitrogen and oxygen atoms in total. The van der Waals surface area contributed by atoms with E-state index in [0.29, 0.717) is 28.3 Å². The van der Waals surface area contributed by atoms with Crippen LogP contribution in [0.2, 0.25) is 0 Å². The lowest BCUT2D eigenvalue weighted by Gasteiger charge is -2.11. The molecule has 0 fully saturated rings. The summed E-state index contributed by atoms with van der Waals surface area (Å²) >= 11 is 0. The van der Waals surface area contributed by atoms with Crippen LogP contribution in [0.25, 0.3) is 10.8 Å². The molecule has 3 aromatic rings. The Hall–Kier alpha value is -3.41. The van der Waals surface area contributed by atoms with Crippen molar-refractivity contribution in [3.05, 3.63) is 54.6 Å². The van der Waals surface area contributed by atoms with E-state index >= 15 is 0 Å². The molecule has 1 aliphatic rings. The topological polar surface area (TPSA) is 79.8 Å². The van der Waals surface area contributed by atoms with Crippen molar-refractivity contribution in [2.24, 2.45) is 0 Å². The van der Waals surface area contributed by atoms with Gasteiger partial charge in [0.2, 0.25) is 6.79 Å². The number of phenolic OH excluding ortho intramolecular Hbond substituents is 1. The number of hydrogen-bond donors (Lipinski definition) is 3. The summed E-state index contributed by atoms with van der Waals surface area (Å²) in [6.07, 6.45) is 0. The number of rotatable bonds is 2. The van der Waals surface area contributed by atoms with Gasteiger partial charge in [0.25, 0.3) is 0 Å². The summed E-state index contributed by atoms with van der Waals surface area (Å²) < 4.78 is 10.5. The molecule has 4 rings (SSSR count). The average molecular weight is 322 g/mol. The molecule has 120 valence electrons. The van der Waals surface area contributed by atoms with Crippen molar-refractivity contribution in [2.75, 3.05) is 17.4 Å². The maximum absolute atomic E-state index is 12.3. The lowest BCUT2D eigenvalue weighted by atomic mass is 10.1. The molecule has 0 saturated heterocycles. The number of anilines is 2.